The molecule has 43 heavy (non-hydrogen) atoms. The maximum atomic E-state index is 11.7. The molecule has 0 spiro atoms. The molecule has 218 valence electrons. The van der Waals surface area contributed by atoms with Gasteiger partial charge in [-0.05, 0) is 41.8 Å². The lowest BCUT2D eigenvalue weighted by Gasteiger charge is -2.25. The smallest absolute Gasteiger partial charge is 0.248 e. The van der Waals surface area contributed by atoms with Crippen LogP contribution in [0.2, 0.25) is 0 Å². The van der Waals surface area contributed by atoms with E-state index in [1.165, 1.54) is 5.69 Å². The van der Waals surface area contributed by atoms with Gasteiger partial charge in [0.2, 0.25) is 12.7 Å². The van der Waals surface area contributed by atoms with Crippen molar-refractivity contribution in [1.82, 2.24) is 14.5 Å². The first-order valence-corrected chi connectivity index (χ1v) is 14.8. The molecule has 0 fully saturated rings. The molecule has 6 rings (SSSR count). The van der Waals surface area contributed by atoms with Gasteiger partial charge < -0.3 is 19.8 Å². The number of carbonyl (C=O) groups excluding carboxylic acids is 1. The van der Waals surface area contributed by atoms with Crippen LogP contribution in [0, 0.1) is 0 Å². The number of ether oxygens (including phenoxy) is 2. The first-order chi connectivity index (χ1) is 21.1. The average molecular weight is 573 g/mol. The van der Waals surface area contributed by atoms with Gasteiger partial charge in [-0.1, -0.05) is 92.2 Å². The zero-order valence-electron chi connectivity index (χ0n) is 24.4. The molecule has 1 aromatic heterocycles. The van der Waals surface area contributed by atoms with E-state index in [1.807, 2.05) is 30.3 Å². The lowest BCUT2D eigenvalue weighted by Crippen LogP contribution is -2.24. The van der Waals surface area contributed by atoms with Crippen LogP contribution >= 0.6 is 0 Å². The van der Waals surface area contributed by atoms with Crippen molar-refractivity contribution >= 4 is 5.91 Å². The second-order valence-corrected chi connectivity index (χ2v) is 10.9. The van der Waals surface area contributed by atoms with Gasteiger partial charge in [0, 0.05) is 42.9 Å². The summed E-state index contributed by atoms with van der Waals surface area (Å²) < 4.78 is 13.7. The Morgan fingerprint density at radius 3 is 2.16 bits per heavy atom. The molecule has 0 saturated heterocycles. The van der Waals surface area contributed by atoms with Crippen molar-refractivity contribution in [3.05, 3.63) is 126 Å². The number of amides is 1. The topological polar surface area (TPSA) is 82.6 Å². The summed E-state index contributed by atoms with van der Waals surface area (Å²) >= 11 is 0. The Hall–Kier alpha value is -4.88. The Labute approximate surface area is 252 Å². The maximum absolute atomic E-state index is 11.7. The number of benzene rings is 4. The molecule has 0 radical (unpaired) electrons. The largest absolute Gasteiger partial charge is 0.454 e. The zero-order chi connectivity index (χ0) is 29.6. The van der Waals surface area contributed by atoms with Gasteiger partial charge in [0.15, 0.2) is 11.5 Å². The van der Waals surface area contributed by atoms with Crippen LogP contribution in [0.25, 0.3) is 22.6 Å². The Kier molecular flexibility index (Phi) is 8.52. The number of imidazole rings is 1. The SMILES string of the molecule is CCCCn1c(-c2ccccc2)nc(-c2ccccc2)c1CN(Cc1ccc(C(N)=O)cc1)Cc1ccc2c(c1)OCO2. The van der Waals surface area contributed by atoms with Crippen LogP contribution in [0.4, 0.5) is 0 Å². The Morgan fingerprint density at radius 2 is 1.47 bits per heavy atom. The number of nitrogens with two attached hydrogens (primary N) is 1. The average Bonchev–Trinajstić information content (AvgIpc) is 3.65. The van der Waals surface area contributed by atoms with E-state index in [2.05, 4.69) is 77.1 Å². The summed E-state index contributed by atoms with van der Waals surface area (Å²) in [6, 6.07) is 34.6. The predicted molar refractivity (Wildman–Crippen MR) is 168 cm³/mol. The lowest BCUT2D eigenvalue weighted by atomic mass is 10.1. The van der Waals surface area contributed by atoms with Crippen LogP contribution in [-0.2, 0) is 26.2 Å². The Balaban J connectivity index is 1.43. The van der Waals surface area contributed by atoms with E-state index in [-0.39, 0.29) is 6.79 Å². The second-order valence-electron chi connectivity index (χ2n) is 10.9. The van der Waals surface area contributed by atoms with Crippen molar-refractivity contribution in [3.63, 3.8) is 0 Å². The Bertz CT molecular complexity index is 1680. The van der Waals surface area contributed by atoms with Crippen LogP contribution < -0.4 is 15.2 Å². The van der Waals surface area contributed by atoms with E-state index >= 15 is 0 Å². The zero-order valence-corrected chi connectivity index (χ0v) is 24.4. The van der Waals surface area contributed by atoms with Gasteiger partial charge in [-0.3, -0.25) is 9.69 Å². The molecule has 0 aliphatic carbocycles. The highest BCUT2D eigenvalue weighted by atomic mass is 16.7. The van der Waals surface area contributed by atoms with Crippen molar-refractivity contribution < 1.29 is 14.3 Å². The van der Waals surface area contributed by atoms with Crippen LogP contribution in [0.15, 0.2) is 103 Å². The molecule has 7 nitrogen and oxygen atoms in total. The third-order valence-corrected chi connectivity index (χ3v) is 7.75. The minimum atomic E-state index is -0.426. The van der Waals surface area contributed by atoms with Crippen LogP contribution in [0.3, 0.4) is 0 Å². The quantitative estimate of drug-likeness (QED) is 0.173. The third-order valence-electron chi connectivity index (χ3n) is 7.75. The van der Waals surface area contributed by atoms with Gasteiger partial charge >= 0.3 is 0 Å². The number of unbranched alkanes of at least 4 members (excludes halogenated alkanes) is 1. The van der Waals surface area contributed by atoms with E-state index in [9.17, 15) is 4.79 Å². The summed E-state index contributed by atoms with van der Waals surface area (Å²) in [6.07, 6.45) is 2.13. The number of rotatable bonds is 12. The number of carbonyl (C=O) groups is 1. The molecular weight excluding hydrogens is 536 g/mol. The third kappa shape index (κ3) is 6.47. The highest BCUT2D eigenvalue weighted by molar-refractivity contribution is 5.92. The van der Waals surface area contributed by atoms with Gasteiger partial charge in [-0.25, -0.2) is 4.98 Å². The van der Waals surface area contributed by atoms with Gasteiger partial charge in [0.25, 0.3) is 0 Å². The van der Waals surface area contributed by atoms with Crippen molar-refractivity contribution in [3.8, 4) is 34.1 Å². The van der Waals surface area contributed by atoms with Gasteiger partial charge in [0.05, 0.1) is 11.4 Å². The first kappa shape index (κ1) is 28.2. The fraction of sp³-hybridized carbons (Fsp3) is 0.222. The summed E-state index contributed by atoms with van der Waals surface area (Å²) in [5.41, 5.74) is 12.6. The molecule has 0 unspecified atom stereocenters. The first-order valence-electron chi connectivity index (χ1n) is 14.8. The minimum Gasteiger partial charge on any atom is -0.454 e. The highest BCUT2D eigenvalue weighted by Gasteiger charge is 2.23. The lowest BCUT2D eigenvalue weighted by molar-refractivity contribution is 0.1000. The van der Waals surface area contributed by atoms with Gasteiger partial charge in [0.1, 0.15) is 5.82 Å². The molecule has 1 aliphatic heterocycles. The standard InChI is InChI=1S/C36H36N4O3/c1-2-3-20-40-31(34(28-10-6-4-7-11-28)38-36(40)30-12-8-5-9-13-30)24-39(22-26-14-17-29(18-15-26)35(37)41)23-27-16-19-32-33(21-27)43-25-42-32/h4-19,21H,2-3,20,22-25H2,1H3,(H2,37,41). The number of hydrogen-bond donors (Lipinski definition) is 1. The van der Waals surface area contributed by atoms with Crippen molar-refractivity contribution in [2.24, 2.45) is 5.73 Å². The molecule has 2 heterocycles. The second kappa shape index (κ2) is 13.0. The molecule has 7 heteroatoms. The number of primary amides is 1. The predicted octanol–water partition coefficient (Wildman–Crippen LogP) is 7.05. The molecule has 1 aliphatic rings. The van der Waals surface area contributed by atoms with Gasteiger partial charge in [-0.15, -0.1) is 0 Å². The van der Waals surface area contributed by atoms with E-state index in [4.69, 9.17) is 20.2 Å². The van der Waals surface area contributed by atoms with Crippen molar-refractivity contribution in [2.45, 2.75) is 45.9 Å². The fourth-order valence-corrected chi connectivity index (χ4v) is 5.55. The molecule has 5 aromatic rings. The van der Waals surface area contributed by atoms with E-state index in [0.717, 1.165) is 64.7 Å². The molecule has 1 amide bonds. The molecular formula is C36H36N4O3. The van der Waals surface area contributed by atoms with E-state index in [0.29, 0.717) is 25.2 Å². The highest BCUT2D eigenvalue weighted by Crippen LogP contribution is 2.34. The summed E-state index contributed by atoms with van der Waals surface area (Å²) in [4.78, 5) is 19.4. The molecule has 0 atom stereocenters. The number of nitrogens with zero attached hydrogens (tertiary/aromatic N) is 3. The molecule has 4 aromatic carbocycles. The normalized spacial score (nSPS) is 12.1. The van der Waals surface area contributed by atoms with Crippen LogP contribution in [0.1, 0.15) is 46.9 Å². The van der Waals surface area contributed by atoms with Crippen molar-refractivity contribution in [1.29, 1.82) is 0 Å². The number of aromatic nitrogens is 2. The molecule has 0 bridgehead atoms. The number of fused-ring (bicyclic) bond motifs is 1. The summed E-state index contributed by atoms with van der Waals surface area (Å²) in [6.45, 7) is 5.36. The van der Waals surface area contributed by atoms with E-state index < -0.39 is 5.91 Å². The molecule has 2 N–H and O–H groups in total. The summed E-state index contributed by atoms with van der Waals surface area (Å²) in [5.74, 6) is 2.10. The number of hydrogen-bond acceptors (Lipinski definition) is 5. The van der Waals surface area contributed by atoms with Crippen LogP contribution in [0.5, 0.6) is 11.5 Å². The monoisotopic (exact) mass is 572 g/mol. The summed E-state index contributed by atoms with van der Waals surface area (Å²) in [5, 5.41) is 0. The van der Waals surface area contributed by atoms with Gasteiger partial charge in [-0.2, -0.15) is 0 Å². The van der Waals surface area contributed by atoms with Crippen LogP contribution in [-0.4, -0.2) is 27.2 Å². The molecule has 0 saturated carbocycles. The fourth-order valence-electron chi connectivity index (χ4n) is 5.55. The summed E-state index contributed by atoms with van der Waals surface area (Å²) in [7, 11) is 0. The maximum Gasteiger partial charge on any atom is 0.248 e. The van der Waals surface area contributed by atoms with Crippen molar-refractivity contribution in [2.75, 3.05) is 6.79 Å². The minimum absolute atomic E-state index is 0.244. The van der Waals surface area contributed by atoms with E-state index in [1.54, 1.807) is 12.1 Å². The Morgan fingerprint density at radius 1 is 0.814 bits per heavy atom.